The molecule has 1 atom stereocenters. The second-order valence-electron chi connectivity index (χ2n) is 6.17. The van der Waals surface area contributed by atoms with Crippen LogP contribution in [0.5, 0.6) is 0 Å². The molecule has 0 aromatic carbocycles. The van der Waals surface area contributed by atoms with E-state index in [2.05, 4.69) is 5.32 Å². The molecule has 5 heteroatoms. The summed E-state index contributed by atoms with van der Waals surface area (Å²) in [6.45, 7) is 8.02. The highest BCUT2D eigenvalue weighted by atomic mass is 16.4. The summed E-state index contributed by atoms with van der Waals surface area (Å²) in [4.78, 5) is 25.0. The number of carbonyl (C=O) groups is 2. The van der Waals surface area contributed by atoms with Crippen molar-refractivity contribution < 1.29 is 14.7 Å². The van der Waals surface area contributed by atoms with Gasteiger partial charge in [-0.05, 0) is 53.5 Å². The first-order chi connectivity index (χ1) is 8.17. The second-order valence-corrected chi connectivity index (χ2v) is 6.17. The monoisotopic (exact) mass is 256 g/mol. The van der Waals surface area contributed by atoms with Gasteiger partial charge in [0.05, 0.1) is 5.54 Å². The number of nitrogens with zero attached hydrogens (tertiary/aromatic N) is 1. The summed E-state index contributed by atoms with van der Waals surface area (Å²) in [6, 6.07) is 0. The van der Waals surface area contributed by atoms with Crippen LogP contribution < -0.4 is 5.32 Å². The van der Waals surface area contributed by atoms with Gasteiger partial charge in [-0.15, -0.1) is 0 Å². The van der Waals surface area contributed by atoms with Crippen LogP contribution in [-0.2, 0) is 9.59 Å². The van der Waals surface area contributed by atoms with Gasteiger partial charge < -0.3 is 15.3 Å². The lowest BCUT2D eigenvalue weighted by atomic mass is 9.88. The van der Waals surface area contributed by atoms with E-state index in [9.17, 15) is 9.59 Å². The molecule has 1 saturated heterocycles. The van der Waals surface area contributed by atoms with Gasteiger partial charge in [-0.3, -0.25) is 9.59 Å². The zero-order chi connectivity index (χ0) is 14.0. The minimum absolute atomic E-state index is 0.114. The summed E-state index contributed by atoms with van der Waals surface area (Å²) in [5, 5.41) is 12.2. The van der Waals surface area contributed by atoms with Gasteiger partial charge in [0.2, 0.25) is 5.91 Å². The number of carboxylic acids is 1. The van der Waals surface area contributed by atoms with E-state index in [1.54, 1.807) is 0 Å². The molecule has 0 saturated carbocycles. The molecule has 0 aromatic rings. The van der Waals surface area contributed by atoms with E-state index in [0.29, 0.717) is 0 Å². The highest BCUT2D eigenvalue weighted by Gasteiger charge is 2.41. The minimum atomic E-state index is -0.974. The van der Waals surface area contributed by atoms with Crippen molar-refractivity contribution in [1.29, 1.82) is 0 Å². The van der Waals surface area contributed by atoms with Crippen LogP contribution >= 0.6 is 0 Å². The first-order valence-corrected chi connectivity index (χ1v) is 6.46. The van der Waals surface area contributed by atoms with E-state index in [1.807, 2.05) is 27.7 Å². The summed E-state index contributed by atoms with van der Waals surface area (Å²) in [6.07, 6.45) is 2.83. The first-order valence-electron chi connectivity index (χ1n) is 6.46. The molecular weight excluding hydrogens is 232 g/mol. The van der Waals surface area contributed by atoms with Crippen LogP contribution in [0.25, 0.3) is 0 Å². The molecule has 1 fully saturated rings. The van der Waals surface area contributed by atoms with Crippen molar-refractivity contribution in [3.05, 3.63) is 0 Å². The third-order valence-electron chi connectivity index (χ3n) is 3.44. The number of amides is 1. The van der Waals surface area contributed by atoms with Crippen molar-refractivity contribution in [3.8, 4) is 0 Å². The largest absolute Gasteiger partial charge is 0.480 e. The Labute approximate surface area is 109 Å². The molecule has 1 aliphatic rings. The Balaban J connectivity index is 2.91. The fourth-order valence-corrected chi connectivity index (χ4v) is 2.29. The SMILES string of the molecule is CC1(C(=O)N(CC(=O)O)C(C)(C)C)CCCCN1. The number of piperidine rings is 1. The average molecular weight is 256 g/mol. The lowest BCUT2D eigenvalue weighted by molar-refractivity contribution is -0.152. The Morgan fingerprint density at radius 2 is 1.94 bits per heavy atom. The van der Waals surface area contributed by atoms with Crippen LogP contribution in [0, 0.1) is 0 Å². The fraction of sp³-hybridized carbons (Fsp3) is 0.846. The predicted octanol–water partition coefficient (Wildman–Crippen LogP) is 1.23. The molecule has 0 spiro atoms. The molecule has 18 heavy (non-hydrogen) atoms. The van der Waals surface area contributed by atoms with Crippen molar-refractivity contribution in [2.75, 3.05) is 13.1 Å². The Morgan fingerprint density at radius 1 is 1.33 bits per heavy atom. The van der Waals surface area contributed by atoms with Crippen LogP contribution in [0.3, 0.4) is 0 Å². The summed E-state index contributed by atoms with van der Waals surface area (Å²) < 4.78 is 0. The van der Waals surface area contributed by atoms with Crippen LogP contribution in [0.4, 0.5) is 0 Å². The Hall–Kier alpha value is -1.10. The molecule has 1 rings (SSSR count). The summed E-state index contributed by atoms with van der Waals surface area (Å²) in [5.41, 5.74) is -1.11. The number of aliphatic carboxylic acids is 1. The Morgan fingerprint density at radius 3 is 2.33 bits per heavy atom. The lowest BCUT2D eigenvalue weighted by Crippen LogP contribution is -2.62. The van der Waals surface area contributed by atoms with E-state index in [1.165, 1.54) is 4.90 Å². The van der Waals surface area contributed by atoms with E-state index < -0.39 is 17.0 Å². The average Bonchev–Trinajstić information content (AvgIpc) is 2.24. The van der Waals surface area contributed by atoms with Crippen molar-refractivity contribution in [2.24, 2.45) is 0 Å². The number of carboxylic acid groups (broad SMARTS) is 1. The van der Waals surface area contributed by atoms with Gasteiger partial charge in [0.25, 0.3) is 0 Å². The van der Waals surface area contributed by atoms with Gasteiger partial charge in [-0.1, -0.05) is 0 Å². The molecule has 1 heterocycles. The van der Waals surface area contributed by atoms with Gasteiger partial charge >= 0.3 is 5.97 Å². The van der Waals surface area contributed by atoms with Gasteiger partial charge in [0, 0.05) is 5.54 Å². The molecule has 1 unspecified atom stereocenters. The molecule has 1 aliphatic heterocycles. The molecule has 5 nitrogen and oxygen atoms in total. The van der Waals surface area contributed by atoms with Gasteiger partial charge in [0.1, 0.15) is 6.54 Å². The van der Waals surface area contributed by atoms with E-state index >= 15 is 0 Å². The topological polar surface area (TPSA) is 69.6 Å². The van der Waals surface area contributed by atoms with E-state index in [0.717, 1.165) is 25.8 Å². The highest BCUT2D eigenvalue weighted by Crippen LogP contribution is 2.25. The van der Waals surface area contributed by atoms with Crippen LogP contribution in [0.15, 0.2) is 0 Å². The summed E-state index contributed by atoms with van der Waals surface area (Å²) in [5.74, 6) is -1.09. The molecule has 0 aliphatic carbocycles. The van der Waals surface area contributed by atoms with Crippen molar-refractivity contribution in [1.82, 2.24) is 10.2 Å². The predicted molar refractivity (Wildman–Crippen MR) is 69.4 cm³/mol. The molecule has 0 bridgehead atoms. The number of rotatable bonds is 3. The maximum absolute atomic E-state index is 12.6. The number of hydrogen-bond acceptors (Lipinski definition) is 3. The minimum Gasteiger partial charge on any atom is -0.480 e. The van der Waals surface area contributed by atoms with Crippen LogP contribution in [-0.4, -0.2) is 46.1 Å². The first kappa shape index (κ1) is 15.0. The van der Waals surface area contributed by atoms with Crippen LogP contribution in [0.2, 0.25) is 0 Å². The standard InChI is InChI=1S/C13H24N2O3/c1-12(2,3)15(9-10(16)17)11(18)13(4)7-5-6-8-14-13/h14H,5-9H2,1-4H3,(H,16,17). The fourth-order valence-electron chi connectivity index (χ4n) is 2.29. The lowest BCUT2D eigenvalue weighted by Gasteiger charge is -2.43. The van der Waals surface area contributed by atoms with Crippen molar-refractivity contribution in [3.63, 3.8) is 0 Å². The van der Waals surface area contributed by atoms with Gasteiger partial charge in [-0.2, -0.15) is 0 Å². The zero-order valence-corrected chi connectivity index (χ0v) is 11.7. The third-order valence-corrected chi connectivity index (χ3v) is 3.44. The molecule has 0 aromatic heterocycles. The second kappa shape index (κ2) is 5.26. The Bertz CT molecular complexity index is 328. The maximum atomic E-state index is 12.6. The summed E-state index contributed by atoms with van der Waals surface area (Å²) in [7, 11) is 0. The molecule has 104 valence electrons. The number of hydrogen-bond donors (Lipinski definition) is 2. The summed E-state index contributed by atoms with van der Waals surface area (Å²) >= 11 is 0. The highest BCUT2D eigenvalue weighted by molar-refractivity contribution is 5.89. The quantitative estimate of drug-likeness (QED) is 0.797. The van der Waals surface area contributed by atoms with Gasteiger partial charge in [0.15, 0.2) is 0 Å². The van der Waals surface area contributed by atoms with E-state index in [-0.39, 0.29) is 12.5 Å². The Kier molecular flexibility index (Phi) is 4.37. The molecule has 2 N–H and O–H groups in total. The molecule has 1 amide bonds. The normalized spacial score (nSPS) is 24.7. The zero-order valence-electron chi connectivity index (χ0n) is 11.7. The smallest absolute Gasteiger partial charge is 0.323 e. The maximum Gasteiger partial charge on any atom is 0.323 e. The number of nitrogens with one attached hydrogen (secondary N) is 1. The van der Waals surface area contributed by atoms with E-state index in [4.69, 9.17) is 5.11 Å². The third kappa shape index (κ3) is 3.45. The molecule has 0 radical (unpaired) electrons. The van der Waals surface area contributed by atoms with Crippen molar-refractivity contribution in [2.45, 2.75) is 58.0 Å². The van der Waals surface area contributed by atoms with Crippen LogP contribution in [0.1, 0.15) is 47.0 Å². The number of carbonyl (C=O) groups excluding carboxylic acids is 1. The molecular formula is C13H24N2O3. The van der Waals surface area contributed by atoms with Crippen molar-refractivity contribution >= 4 is 11.9 Å². The van der Waals surface area contributed by atoms with Gasteiger partial charge in [-0.25, -0.2) is 0 Å².